The number of anilines is 1. The van der Waals surface area contributed by atoms with Crippen LogP contribution in [0.15, 0.2) is 30.3 Å². The maximum Gasteiger partial charge on any atom is 0.135 e. The van der Waals surface area contributed by atoms with Crippen molar-refractivity contribution in [3.8, 4) is 0 Å². The van der Waals surface area contributed by atoms with E-state index in [0.717, 1.165) is 34.9 Å². The van der Waals surface area contributed by atoms with E-state index in [2.05, 4.69) is 16.9 Å². The van der Waals surface area contributed by atoms with Crippen LogP contribution in [-0.2, 0) is 12.8 Å². The molecule has 0 fully saturated rings. The largest absolute Gasteiger partial charge is 0.384 e. The van der Waals surface area contributed by atoms with Crippen LogP contribution in [0.3, 0.4) is 0 Å². The first kappa shape index (κ1) is 12.8. The van der Waals surface area contributed by atoms with Gasteiger partial charge in [0.25, 0.3) is 0 Å². The average Bonchev–Trinajstić information content (AvgIpc) is 2.32. The summed E-state index contributed by atoms with van der Waals surface area (Å²) in [4.78, 5) is 8.77. The van der Waals surface area contributed by atoms with Crippen molar-refractivity contribution < 1.29 is 0 Å². The summed E-state index contributed by atoms with van der Waals surface area (Å²) >= 11 is 6.13. The minimum absolute atomic E-state index is 0.524. The van der Waals surface area contributed by atoms with Crippen LogP contribution in [0.2, 0.25) is 5.02 Å². The van der Waals surface area contributed by atoms with E-state index < -0.39 is 0 Å². The first-order chi connectivity index (χ1) is 8.69. The first-order valence-corrected chi connectivity index (χ1v) is 6.42. The number of aryl methyl sites for hydroxylation is 1. The molecule has 2 N–H and O–H groups in total. The molecule has 0 aliphatic rings. The lowest BCUT2D eigenvalue weighted by Crippen LogP contribution is -2.04. The highest BCUT2D eigenvalue weighted by Gasteiger charge is 2.06. The van der Waals surface area contributed by atoms with Gasteiger partial charge in [0.05, 0.1) is 0 Å². The fraction of sp³-hybridized carbons (Fsp3) is 0.286. The van der Waals surface area contributed by atoms with Gasteiger partial charge in [0.15, 0.2) is 0 Å². The van der Waals surface area contributed by atoms with Gasteiger partial charge in [0, 0.05) is 23.2 Å². The van der Waals surface area contributed by atoms with Crippen LogP contribution in [0.5, 0.6) is 0 Å². The Balaban J connectivity index is 2.26. The van der Waals surface area contributed by atoms with Gasteiger partial charge in [0.1, 0.15) is 11.6 Å². The summed E-state index contributed by atoms with van der Waals surface area (Å²) < 4.78 is 0. The molecule has 0 saturated carbocycles. The van der Waals surface area contributed by atoms with E-state index in [0.29, 0.717) is 12.2 Å². The zero-order valence-electron chi connectivity index (χ0n) is 10.4. The zero-order chi connectivity index (χ0) is 13.0. The van der Waals surface area contributed by atoms with E-state index in [1.165, 1.54) is 0 Å². The Morgan fingerprint density at radius 3 is 2.72 bits per heavy atom. The molecular weight excluding hydrogens is 246 g/mol. The smallest absolute Gasteiger partial charge is 0.135 e. The van der Waals surface area contributed by atoms with Crippen LogP contribution in [0, 0.1) is 0 Å². The predicted molar refractivity (Wildman–Crippen MR) is 74.7 cm³/mol. The van der Waals surface area contributed by atoms with Crippen molar-refractivity contribution in [3.63, 3.8) is 0 Å². The molecular formula is C14H16ClN3. The minimum atomic E-state index is 0.524. The second-order valence-corrected chi connectivity index (χ2v) is 4.63. The lowest BCUT2D eigenvalue weighted by atomic mass is 10.1. The predicted octanol–water partition coefficient (Wildman–Crippen LogP) is 3.26. The summed E-state index contributed by atoms with van der Waals surface area (Å²) in [5.41, 5.74) is 7.81. The van der Waals surface area contributed by atoms with Crippen molar-refractivity contribution in [1.82, 2.24) is 9.97 Å². The summed E-state index contributed by atoms with van der Waals surface area (Å²) in [6.45, 7) is 2.12. The van der Waals surface area contributed by atoms with Crippen molar-refractivity contribution in [2.45, 2.75) is 26.2 Å². The number of benzene rings is 1. The normalized spacial score (nSPS) is 10.6. The highest BCUT2D eigenvalue weighted by molar-refractivity contribution is 6.31. The van der Waals surface area contributed by atoms with Gasteiger partial charge in [-0.25, -0.2) is 9.97 Å². The fourth-order valence-corrected chi connectivity index (χ4v) is 2.05. The number of rotatable bonds is 4. The van der Waals surface area contributed by atoms with Gasteiger partial charge in [-0.15, -0.1) is 0 Å². The Labute approximate surface area is 112 Å². The molecule has 2 aromatic rings. The molecule has 1 heterocycles. The van der Waals surface area contributed by atoms with Crippen molar-refractivity contribution in [1.29, 1.82) is 0 Å². The number of nitrogen functional groups attached to an aromatic ring is 1. The number of nitrogens with two attached hydrogens (primary N) is 1. The Morgan fingerprint density at radius 2 is 2.00 bits per heavy atom. The lowest BCUT2D eigenvalue weighted by Gasteiger charge is -2.06. The molecule has 0 amide bonds. The Hall–Kier alpha value is -1.61. The number of halogens is 1. The van der Waals surface area contributed by atoms with Crippen molar-refractivity contribution in [2.75, 3.05) is 5.73 Å². The SMILES string of the molecule is CCCc1cc(N)nc(Cc2ccccc2Cl)n1. The van der Waals surface area contributed by atoms with Crippen molar-refractivity contribution >= 4 is 17.4 Å². The number of aromatic nitrogens is 2. The van der Waals surface area contributed by atoms with Crippen LogP contribution in [0.1, 0.15) is 30.4 Å². The zero-order valence-corrected chi connectivity index (χ0v) is 11.1. The standard InChI is InChI=1S/C14H16ClN3/c1-2-5-11-9-13(16)18-14(17-11)8-10-6-3-4-7-12(10)15/h3-4,6-7,9H,2,5,8H2,1H3,(H2,16,17,18). The van der Waals surface area contributed by atoms with E-state index in [9.17, 15) is 0 Å². The molecule has 0 aliphatic carbocycles. The van der Waals surface area contributed by atoms with E-state index in [4.69, 9.17) is 17.3 Å². The van der Waals surface area contributed by atoms with Crippen LogP contribution in [-0.4, -0.2) is 9.97 Å². The van der Waals surface area contributed by atoms with Crippen LogP contribution in [0.4, 0.5) is 5.82 Å². The van der Waals surface area contributed by atoms with Crippen molar-refractivity contribution in [2.24, 2.45) is 0 Å². The molecule has 94 valence electrons. The third-order valence-electron chi connectivity index (χ3n) is 2.66. The monoisotopic (exact) mass is 261 g/mol. The molecule has 2 rings (SSSR count). The molecule has 0 bridgehead atoms. The first-order valence-electron chi connectivity index (χ1n) is 6.04. The van der Waals surface area contributed by atoms with Gasteiger partial charge in [-0.2, -0.15) is 0 Å². The highest BCUT2D eigenvalue weighted by atomic mass is 35.5. The summed E-state index contributed by atoms with van der Waals surface area (Å²) in [5.74, 6) is 1.25. The van der Waals surface area contributed by atoms with Gasteiger partial charge >= 0.3 is 0 Å². The molecule has 18 heavy (non-hydrogen) atoms. The maximum atomic E-state index is 6.13. The lowest BCUT2D eigenvalue weighted by molar-refractivity contribution is 0.844. The molecule has 0 radical (unpaired) electrons. The van der Waals surface area contributed by atoms with Crippen molar-refractivity contribution in [3.05, 3.63) is 52.4 Å². The van der Waals surface area contributed by atoms with E-state index in [1.54, 1.807) is 0 Å². The molecule has 0 aliphatic heterocycles. The molecule has 0 saturated heterocycles. The molecule has 0 atom stereocenters. The molecule has 0 unspecified atom stereocenters. The topological polar surface area (TPSA) is 51.8 Å². The van der Waals surface area contributed by atoms with E-state index >= 15 is 0 Å². The summed E-state index contributed by atoms with van der Waals surface area (Å²) in [6, 6.07) is 9.55. The minimum Gasteiger partial charge on any atom is -0.384 e. The number of hydrogen-bond donors (Lipinski definition) is 1. The summed E-state index contributed by atoms with van der Waals surface area (Å²) in [6.07, 6.45) is 2.58. The average molecular weight is 262 g/mol. The second kappa shape index (κ2) is 5.83. The fourth-order valence-electron chi connectivity index (χ4n) is 1.85. The molecule has 0 spiro atoms. The quantitative estimate of drug-likeness (QED) is 0.919. The van der Waals surface area contributed by atoms with Gasteiger partial charge in [-0.3, -0.25) is 0 Å². The van der Waals surface area contributed by atoms with Crippen LogP contribution >= 0.6 is 11.6 Å². The van der Waals surface area contributed by atoms with E-state index in [1.807, 2.05) is 30.3 Å². The third kappa shape index (κ3) is 3.20. The van der Waals surface area contributed by atoms with Gasteiger partial charge < -0.3 is 5.73 Å². The summed E-state index contributed by atoms with van der Waals surface area (Å²) in [5, 5.41) is 0.737. The molecule has 3 nitrogen and oxygen atoms in total. The Morgan fingerprint density at radius 1 is 1.22 bits per heavy atom. The number of nitrogens with zero attached hydrogens (tertiary/aromatic N) is 2. The van der Waals surface area contributed by atoms with Gasteiger partial charge in [-0.05, 0) is 18.1 Å². The van der Waals surface area contributed by atoms with E-state index in [-0.39, 0.29) is 0 Å². The third-order valence-corrected chi connectivity index (χ3v) is 3.03. The Kier molecular flexibility index (Phi) is 4.15. The van der Waals surface area contributed by atoms with Gasteiger partial charge in [0.2, 0.25) is 0 Å². The summed E-state index contributed by atoms with van der Waals surface area (Å²) in [7, 11) is 0. The molecule has 4 heteroatoms. The molecule has 1 aromatic heterocycles. The highest BCUT2D eigenvalue weighted by Crippen LogP contribution is 2.18. The number of hydrogen-bond acceptors (Lipinski definition) is 3. The Bertz CT molecular complexity index is 540. The second-order valence-electron chi connectivity index (χ2n) is 4.22. The molecule has 1 aromatic carbocycles. The van der Waals surface area contributed by atoms with Gasteiger partial charge in [-0.1, -0.05) is 43.1 Å². The van der Waals surface area contributed by atoms with Crippen LogP contribution < -0.4 is 5.73 Å². The van der Waals surface area contributed by atoms with Crippen LogP contribution in [0.25, 0.3) is 0 Å². The maximum absolute atomic E-state index is 6.13.